The summed E-state index contributed by atoms with van der Waals surface area (Å²) in [6, 6.07) is 0. The molecule has 2 rings (SSSR count). The number of nitrogens with one attached hydrogen (secondary N) is 3. The molecule has 0 bridgehead atoms. The summed E-state index contributed by atoms with van der Waals surface area (Å²) in [5.74, 6) is -0.351. The van der Waals surface area contributed by atoms with Gasteiger partial charge in [-0.1, -0.05) is 0 Å². The van der Waals surface area contributed by atoms with Crippen molar-refractivity contribution in [1.82, 2.24) is 19.5 Å². The minimum Gasteiger partial charge on any atom is -0.494 e. The Hall–Kier alpha value is -2.75. The first-order valence-electron chi connectivity index (χ1n) is 5.86. The number of nitrogens with zero attached hydrogens (tertiary/aromatic N) is 2. The van der Waals surface area contributed by atoms with Gasteiger partial charge in [0.05, 0.1) is 0 Å². The van der Waals surface area contributed by atoms with E-state index in [1.807, 2.05) is 4.98 Å². The molecule has 0 fully saturated rings. The van der Waals surface area contributed by atoms with E-state index in [2.05, 4.69) is 15.0 Å². The van der Waals surface area contributed by atoms with Gasteiger partial charge >= 0.3 is 5.69 Å². The van der Waals surface area contributed by atoms with Gasteiger partial charge in [0, 0.05) is 19.0 Å². The Balaban J connectivity index is 2.56. The second-order valence-electron chi connectivity index (χ2n) is 3.96. The minimum atomic E-state index is -0.714. The summed E-state index contributed by atoms with van der Waals surface area (Å²) in [6.45, 7) is 2.09. The number of aliphatic imine (C=N–C) groups is 1. The smallest absolute Gasteiger partial charge is 0.325 e. The van der Waals surface area contributed by atoms with Gasteiger partial charge in [-0.15, -0.1) is 0 Å². The maximum absolute atomic E-state index is 11.8. The van der Waals surface area contributed by atoms with Crippen LogP contribution >= 0.6 is 12.2 Å². The van der Waals surface area contributed by atoms with E-state index < -0.39 is 16.8 Å². The van der Waals surface area contributed by atoms with Crippen molar-refractivity contribution in [2.24, 2.45) is 4.99 Å². The number of H-pyrrole nitrogens is 3. The third-order valence-corrected chi connectivity index (χ3v) is 2.98. The lowest BCUT2D eigenvalue weighted by molar-refractivity contribution is 0.408. The molecule has 0 radical (unpaired) electrons. The van der Waals surface area contributed by atoms with Gasteiger partial charge in [-0.3, -0.25) is 24.1 Å². The molecule has 4 N–H and O–H groups in total. The molecule has 0 aliphatic carbocycles. The van der Waals surface area contributed by atoms with E-state index in [1.165, 1.54) is 4.57 Å². The van der Waals surface area contributed by atoms with Gasteiger partial charge in [0.1, 0.15) is 11.3 Å². The molecule has 0 saturated carbocycles. The number of aromatic amines is 3. The van der Waals surface area contributed by atoms with E-state index in [0.29, 0.717) is 6.54 Å². The van der Waals surface area contributed by atoms with E-state index in [-0.39, 0.29) is 21.9 Å². The quantitative estimate of drug-likeness (QED) is 0.458. The summed E-state index contributed by atoms with van der Waals surface area (Å²) in [5, 5.41) is 9.98. The lowest BCUT2D eigenvalue weighted by Crippen LogP contribution is -2.21. The summed E-state index contributed by atoms with van der Waals surface area (Å²) in [6.07, 6.45) is 2.12. The monoisotopic (exact) mass is 309 g/mol. The molecular formula is C11H11N5O4S. The first kappa shape index (κ1) is 14.7. The molecule has 0 atom stereocenters. The number of aromatic nitrogens is 4. The summed E-state index contributed by atoms with van der Waals surface area (Å²) in [7, 11) is 0. The van der Waals surface area contributed by atoms with Crippen LogP contribution in [0.1, 0.15) is 12.5 Å². The van der Waals surface area contributed by atoms with Crippen LogP contribution in [0, 0.1) is 4.77 Å². The Kier molecular flexibility index (Phi) is 3.98. The molecular weight excluding hydrogens is 298 g/mol. The molecule has 2 aromatic heterocycles. The molecule has 0 aliphatic heterocycles. The number of hydrogen-bond acceptors (Lipinski definition) is 6. The van der Waals surface area contributed by atoms with Crippen LogP contribution in [0.25, 0.3) is 0 Å². The van der Waals surface area contributed by atoms with Crippen LogP contribution in [-0.2, 0) is 6.54 Å². The van der Waals surface area contributed by atoms with Gasteiger partial charge < -0.3 is 10.1 Å². The molecule has 110 valence electrons. The largest absolute Gasteiger partial charge is 0.494 e. The predicted octanol–water partition coefficient (Wildman–Crippen LogP) is -0.241. The second kappa shape index (κ2) is 5.71. The van der Waals surface area contributed by atoms with E-state index in [1.54, 1.807) is 6.92 Å². The molecule has 9 nitrogen and oxygen atoms in total. The molecule has 0 aliphatic rings. The highest BCUT2D eigenvalue weighted by atomic mass is 32.1. The zero-order valence-corrected chi connectivity index (χ0v) is 11.7. The summed E-state index contributed by atoms with van der Waals surface area (Å²) < 4.78 is 1.38. The topological polar surface area (TPSA) is 136 Å². The van der Waals surface area contributed by atoms with Gasteiger partial charge in [0.15, 0.2) is 4.77 Å². The average molecular weight is 309 g/mol. The predicted molar refractivity (Wildman–Crippen MR) is 78.2 cm³/mol. The Morgan fingerprint density at radius 1 is 1.33 bits per heavy atom. The van der Waals surface area contributed by atoms with Crippen LogP contribution in [0.5, 0.6) is 5.88 Å². The van der Waals surface area contributed by atoms with E-state index in [9.17, 15) is 19.5 Å². The third-order valence-electron chi connectivity index (χ3n) is 2.66. The highest BCUT2D eigenvalue weighted by molar-refractivity contribution is 7.71. The summed E-state index contributed by atoms with van der Waals surface area (Å²) in [4.78, 5) is 44.5. The fourth-order valence-electron chi connectivity index (χ4n) is 1.62. The van der Waals surface area contributed by atoms with Crippen molar-refractivity contribution >= 4 is 24.1 Å². The summed E-state index contributed by atoms with van der Waals surface area (Å²) in [5.41, 5.74) is -2.27. The van der Waals surface area contributed by atoms with Gasteiger partial charge in [0.2, 0.25) is 5.88 Å². The molecule has 0 amide bonds. The van der Waals surface area contributed by atoms with Crippen LogP contribution in [0.3, 0.4) is 0 Å². The van der Waals surface area contributed by atoms with Gasteiger partial charge in [-0.05, 0) is 19.1 Å². The van der Waals surface area contributed by atoms with Crippen LogP contribution in [0.4, 0.5) is 5.69 Å². The standard InChI is InChI=1S/C11H11N5O4S/c1-2-16-9(19)5(7(17)15-11(16)21)3-12-6-4-13-10(20)14-8(6)18/h3-4,19H,2H2,1H3,(H,15,17,21)(H2,13,14,18,20). The maximum Gasteiger partial charge on any atom is 0.325 e. The van der Waals surface area contributed by atoms with Crippen molar-refractivity contribution in [3.8, 4) is 5.88 Å². The zero-order valence-electron chi connectivity index (χ0n) is 10.8. The van der Waals surface area contributed by atoms with Crippen molar-refractivity contribution in [2.75, 3.05) is 0 Å². The highest BCUT2D eigenvalue weighted by Gasteiger charge is 2.09. The zero-order chi connectivity index (χ0) is 15.6. The maximum atomic E-state index is 11.8. The van der Waals surface area contributed by atoms with Gasteiger partial charge in [0.25, 0.3) is 11.1 Å². The Bertz CT molecular complexity index is 933. The van der Waals surface area contributed by atoms with Crippen molar-refractivity contribution in [1.29, 1.82) is 0 Å². The molecule has 21 heavy (non-hydrogen) atoms. The van der Waals surface area contributed by atoms with E-state index in [4.69, 9.17) is 12.2 Å². The van der Waals surface area contributed by atoms with Crippen molar-refractivity contribution in [3.05, 3.63) is 47.7 Å². The van der Waals surface area contributed by atoms with E-state index >= 15 is 0 Å². The first-order chi connectivity index (χ1) is 9.93. The molecule has 0 saturated heterocycles. The lowest BCUT2D eigenvalue weighted by Gasteiger charge is -2.07. The normalized spacial score (nSPS) is 11.1. The SMILES string of the molecule is CCn1c(O)c(C=Nc2c[nH]c(=O)[nH]c2=O)c(=O)[nH]c1=S. The van der Waals surface area contributed by atoms with Crippen molar-refractivity contribution in [2.45, 2.75) is 13.5 Å². The summed E-state index contributed by atoms with van der Waals surface area (Å²) >= 11 is 4.91. The molecule has 10 heteroatoms. The fourth-order valence-corrected chi connectivity index (χ4v) is 1.93. The highest BCUT2D eigenvalue weighted by Crippen LogP contribution is 2.11. The number of aromatic hydroxyl groups is 1. The Morgan fingerprint density at radius 2 is 2.05 bits per heavy atom. The average Bonchev–Trinajstić information content (AvgIpc) is 2.40. The van der Waals surface area contributed by atoms with Gasteiger partial charge in [-0.25, -0.2) is 9.79 Å². The second-order valence-corrected chi connectivity index (χ2v) is 4.34. The van der Waals surface area contributed by atoms with Crippen LogP contribution < -0.4 is 16.8 Å². The van der Waals surface area contributed by atoms with Crippen LogP contribution in [0.15, 0.2) is 25.6 Å². The molecule has 0 unspecified atom stereocenters. The van der Waals surface area contributed by atoms with Crippen molar-refractivity contribution < 1.29 is 5.11 Å². The molecule has 2 aromatic rings. The lowest BCUT2D eigenvalue weighted by atomic mass is 10.3. The third kappa shape index (κ3) is 2.89. The van der Waals surface area contributed by atoms with Gasteiger partial charge in [-0.2, -0.15) is 0 Å². The molecule has 0 aromatic carbocycles. The Labute approximate surface area is 121 Å². The van der Waals surface area contributed by atoms with Crippen LogP contribution in [-0.4, -0.2) is 30.8 Å². The van der Waals surface area contributed by atoms with Crippen molar-refractivity contribution in [3.63, 3.8) is 0 Å². The number of rotatable bonds is 3. The van der Waals surface area contributed by atoms with Crippen LogP contribution in [0.2, 0.25) is 0 Å². The fraction of sp³-hybridized carbons (Fsp3) is 0.182. The molecule has 0 spiro atoms. The molecule has 2 heterocycles. The first-order valence-corrected chi connectivity index (χ1v) is 6.27. The minimum absolute atomic E-state index is 0.0824. The Morgan fingerprint density at radius 3 is 2.67 bits per heavy atom. The van der Waals surface area contributed by atoms with E-state index in [0.717, 1.165) is 12.4 Å². The number of hydrogen-bond donors (Lipinski definition) is 4.